The molecule has 0 radical (unpaired) electrons. The minimum atomic E-state index is -4.42. The van der Waals surface area contributed by atoms with Gasteiger partial charge in [-0.1, -0.05) is 0 Å². The predicted octanol–water partition coefficient (Wildman–Crippen LogP) is 2.50. The molecule has 27 heavy (non-hydrogen) atoms. The van der Waals surface area contributed by atoms with Crippen molar-refractivity contribution in [3.63, 3.8) is 0 Å². The van der Waals surface area contributed by atoms with Gasteiger partial charge in [0.2, 0.25) is 0 Å². The molecular formula is C18H24F3N3O2S. The van der Waals surface area contributed by atoms with E-state index in [0.717, 1.165) is 57.2 Å². The van der Waals surface area contributed by atoms with Crippen LogP contribution in [-0.2, 0) is 16.0 Å². The first kappa shape index (κ1) is 19.0. The van der Waals surface area contributed by atoms with Crippen LogP contribution in [0.5, 0.6) is 0 Å². The second-order valence-electron chi connectivity index (χ2n) is 8.32. The van der Waals surface area contributed by atoms with Gasteiger partial charge in [0.05, 0.1) is 23.4 Å². The van der Waals surface area contributed by atoms with Gasteiger partial charge in [0.15, 0.2) is 9.84 Å². The van der Waals surface area contributed by atoms with Crippen molar-refractivity contribution in [1.82, 2.24) is 9.88 Å². The van der Waals surface area contributed by atoms with Crippen molar-refractivity contribution in [2.75, 3.05) is 42.6 Å². The number of sulfone groups is 1. The average Bonchev–Trinajstić information content (AvgIpc) is 2.97. The highest BCUT2D eigenvalue weighted by Crippen LogP contribution is 2.43. The van der Waals surface area contributed by atoms with Gasteiger partial charge >= 0.3 is 6.18 Å². The van der Waals surface area contributed by atoms with Gasteiger partial charge < -0.3 is 4.90 Å². The van der Waals surface area contributed by atoms with E-state index < -0.39 is 21.7 Å². The van der Waals surface area contributed by atoms with Crippen LogP contribution < -0.4 is 4.90 Å². The molecule has 0 atom stereocenters. The summed E-state index contributed by atoms with van der Waals surface area (Å²) in [6.45, 7) is 5.05. The SMILES string of the molecule is Cc1cc(C(F)(F)F)ncc1N1CCC(N2CCC3(C2)CS(=O)(=O)C3)CC1. The van der Waals surface area contributed by atoms with Crippen LogP contribution in [0.1, 0.15) is 30.5 Å². The number of likely N-dealkylation sites (tertiary alicyclic amines) is 1. The number of aromatic nitrogens is 1. The lowest BCUT2D eigenvalue weighted by Gasteiger charge is -2.41. The molecule has 150 valence electrons. The number of pyridine rings is 1. The number of anilines is 1. The van der Waals surface area contributed by atoms with Gasteiger partial charge in [0.1, 0.15) is 5.69 Å². The number of hydrogen-bond acceptors (Lipinski definition) is 5. The first-order chi connectivity index (χ1) is 12.6. The standard InChI is InChI=1S/C18H24F3N3O2S/c1-13-8-16(18(19,20)21)22-9-15(13)23-5-2-14(3-6-23)24-7-4-17(10-24)11-27(25,26)12-17/h8-9,14H,2-7,10-12H2,1H3. The summed E-state index contributed by atoms with van der Waals surface area (Å²) in [5.41, 5.74) is 0.487. The van der Waals surface area contributed by atoms with E-state index in [1.54, 1.807) is 6.92 Å². The Morgan fingerprint density at radius 3 is 2.41 bits per heavy atom. The van der Waals surface area contributed by atoms with Gasteiger partial charge in [-0.2, -0.15) is 13.2 Å². The highest BCUT2D eigenvalue weighted by Gasteiger charge is 2.52. The Hall–Kier alpha value is -1.35. The third-order valence-corrected chi connectivity index (χ3v) is 8.32. The maximum absolute atomic E-state index is 12.8. The summed E-state index contributed by atoms with van der Waals surface area (Å²) in [4.78, 5) is 8.13. The summed E-state index contributed by atoms with van der Waals surface area (Å²) in [5.74, 6) is 0.650. The molecule has 0 aliphatic carbocycles. The van der Waals surface area contributed by atoms with E-state index in [4.69, 9.17) is 0 Å². The Bertz CT molecular complexity index is 821. The summed E-state index contributed by atoms with van der Waals surface area (Å²) in [6, 6.07) is 1.54. The molecule has 0 N–H and O–H groups in total. The summed E-state index contributed by atoms with van der Waals surface area (Å²) in [6.07, 6.45) is -0.263. The van der Waals surface area contributed by atoms with Crippen molar-refractivity contribution in [2.24, 2.45) is 5.41 Å². The van der Waals surface area contributed by atoms with E-state index in [1.165, 1.54) is 6.20 Å². The van der Waals surface area contributed by atoms with Crippen LogP contribution in [0, 0.1) is 12.3 Å². The molecule has 0 bridgehead atoms. The number of hydrogen-bond donors (Lipinski definition) is 0. The van der Waals surface area contributed by atoms with Crippen LogP contribution >= 0.6 is 0 Å². The van der Waals surface area contributed by atoms with Crippen molar-refractivity contribution in [1.29, 1.82) is 0 Å². The van der Waals surface area contributed by atoms with Crippen LogP contribution in [-0.4, -0.2) is 62.0 Å². The van der Waals surface area contributed by atoms with Crippen molar-refractivity contribution in [3.05, 3.63) is 23.5 Å². The van der Waals surface area contributed by atoms with Gasteiger partial charge in [-0.05, 0) is 44.4 Å². The van der Waals surface area contributed by atoms with E-state index in [9.17, 15) is 21.6 Å². The molecule has 1 spiro atoms. The zero-order valence-electron chi connectivity index (χ0n) is 15.3. The normalized spacial score (nSPS) is 25.7. The van der Waals surface area contributed by atoms with Gasteiger partial charge in [0, 0.05) is 31.1 Å². The fourth-order valence-electron chi connectivity index (χ4n) is 4.91. The number of aryl methyl sites for hydroxylation is 1. The maximum atomic E-state index is 12.8. The number of alkyl halides is 3. The Balaban J connectivity index is 1.36. The fraction of sp³-hybridized carbons (Fsp3) is 0.722. The van der Waals surface area contributed by atoms with Gasteiger partial charge in [-0.25, -0.2) is 13.4 Å². The maximum Gasteiger partial charge on any atom is 0.433 e. The van der Waals surface area contributed by atoms with Crippen LogP contribution in [0.25, 0.3) is 0 Å². The molecule has 0 saturated carbocycles. The van der Waals surface area contributed by atoms with E-state index in [1.807, 2.05) is 0 Å². The predicted molar refractivity (Wildman–Crippen MR) is 96.5 cm³/mol. The summed E-state index contributed by atoms with van der Waals surface area (Å²) in [7, 11) is -2.81. The molecule has 5 nitrogen and oxygen atoms in total. The molecule has 9 heteroatoms. The Kier molecular flexibility index (Phi) is 4.46. The van der Waals surface area contributed by atoms with E-state index in [2.05, 4.69) is 14.8 Å². The molecule has 0 unspecified atom stereocenters. The summed E-state index contributed by atoms with van der Waals surface area (Å²) < 4.78 is 61.5. The molecule has 3 aliphatic heterocycles. The molecule has 4 heterocycles. The Morgan fingerprint density at radius 2 is 1.85 bits per heavy atom. The van der Waals surface area contributed by atoms with Gasteiger partial charge in [-0.15, -0.1) is 0 Å². The van der Waals surface area contributed by atoms with E-state index in [-0.39, 0.29) is 5.41 Å². The lowest BCUT2D eigenvalue weighted by atomic mass is 9.91. The zero-order valence-corrected chi connectivity index (χ0v) is 16.1. The summed E-state index contributed by atoms with van der Waals surface area (Å²) in [5, 5.41) is 0. The second-order valence-corrected chi connectivity index (χ2v) is 10.4. The fourth-order valence-corrected chi connectivity index (χ4v) is 7.17. The minimum Gasteiger partial charge on any atom is -0.370 e. The number of nitrogens with zero attached hydrogens (tertiary/aromatic N) is 3. The average molecular weight is 403 g/mol. The van der Waals surface area contributed by atoms with Crippen molar-refractivity contribution in [3.8, 4) is 0 Å². The third kappa shape index (κ3) is 3.68. The Labute approximate surface area is 157 Å². The van der Waals surface area contributed by atoms with Crippen LogP contribution in [0.3, 0.4) is 0 Å². The number of halogens is 3. The van der Waals surface area contributed by atoms with Crippen molar-refractivity contribution < 1.29 is 21.6 Å². The monoisotopic (exact) mass is 403 g/mol. The van der Waals surface area contributed by atoms with Crippen molar-refractivity contribution >= 4 is 15.5 Å². The number of rotatable bonds is 2. The quantitative estimate of drug-likeness (QED) is 0.760. The van der Waals surface area contributed by atoms with Crippen LogP contribution in [0.2, 0.25) is 0 Å². The molecule has 1 aromatic heterocycles. The molecule has 4 rings (SSSR count). The smallest absolute Gasteiger partial charge is 0.370 e. The first-order valence-corrected chi connectivity index (χ1v) is 11.1. The Morgan fingerprint density at radius 1 is 1.19 bits per heavy atom. The van der Waals surface area contributed by atoms with Crippen LogP contribution in [0.4, 0.5) is 18.9 Å². The largest absolute Gasteiger partial charge is 0.433 e. The highest BCUT2D eigenvalue weighted by molar-refractivity contribution is 7.92. The minimum absolute atomic E-state index is 0.0239. The molecule has 1 aromatic rings. The van der Waals surface area contributed by atoms with E-state index in [0.29, 0.717) is 23.1 Å². The molecule has 0 amide bonds. The topological polar surface area (TPSA) is 53.5 Å². The molecular weight excluding hydrogens is 379 g/mol. The molecule has 3 saturated heterocycles. The lowest BCUT2D eigenvalue weighted by Crippen LogP contribution is -2.52. The van der Waals surface area contributed by atoms with Crippen LogP contribution in [0.15, 0.2) is 12.3 Å². The van der Waals surface area contributed by atoms with E-state index >= 15 is 0 Å². The van der Waals surface area contributed by atoms with Crippen molar-refractivity contribution in [2.45, 2.75) is 38.4 Å². The van der Waals surface area contributed by atoms with Gasteiger partial charge in [0.25, 0.3) is 0 Å². The first-order valence-electron chi connectivity index (χ1n) is 9.30. The lowest BCUT2D eigenvalue weighted by molar-refractivity contribution is -0.141. The third-order valence-electron chi connectivity index (χ3n) is 6.22. The van der Waals surface area contributed by atoms with Gasteiger partial charge in [-0.3, -0.25) is 4.90 Å². The number of piperidine rings is 1. The molecule has 3 fully saturated rings. The molecule has 3 aliphatic rings. The summed E-state index contributed by atoms with van der Waals surface area (Å²) >= 11 is 0. The second kappa shape index (κ2) is 6.34. The molecule has 0 aromatic carbocycles. The highest BCUT2D eigenvalue weighted by atomic mass is 32.2. The zero-order chi connectivity index (χ0) is 19.4.